The van der Waals surface area contributed by atoms with Gasteiger partial charge in [0.05, 0.1) is 16.9 Å². The Morgan fingerprint density at radius 3 is 2.67 bits per heavy atom. The molecule has 1 amide bonds. The standard InChI is InChI=1S/C13H12ClN3O/c1-8-5-9(2)12(10(14)6-8)17-13(18)11-7-15-3-4-16-11/h3-7H,1-2H3,(H,17,18). The second-order valence-corrected chi connectivity index (χ2v) is 4.39. The van der Waals surface area contributed by atoms with Gasteiger partial charge in [0.2, 0.25) is 0 Å². The number of nitrogens with one attached hydrogen (secondary N) is 1. The van der Waals surface area contributed by atoms with E-state index >= 15 is 0 Å². The van der Waals surface area contributed by atoms with E-state index in [2.05, 4.69) is 15.3 Å². The van der Waals surface area contributed by atoms with E-state index in [1.54, 1.807) is 6.07 Å². The Bertz CT molecular complexity index is 561. The highest BCUT2D eigenvalue weighted by Gasteiger charge is 2.12. The van der Waals surface area contributed by atoms with Crippen molar-refractivity contribution in [2.45, 2.75) is 13.8 Å². The van der Waals surface area contributed by atoms with Crippen LogP contribution in [-0.2, 0) is 0 Å². The van der Waals surface area contributed by atoms with E-state index in [0.717, 1.165) is 11.1 Å². The van der Waals surface area contributed by atoms with Crippen LogP contribution in [0, 0.1) is 13.8 Å². The largest absolute Gasteiger partial charge is 0.319 e. The number of rotatable bonds is 2. The predicted molar refractivity (Wildman–Crippen MR) is 70.9 cm³/mol. The average Bonchev–Trinajstić information content (AvgIpc) is 2.34. The summed E-state index contributed by atoms with van der Waals surface area (Å²) in [6, 6.07) is 3.76. The average molecular weight is 262 g/mol. The lowest BCUT2D eigenvalue weighted by molar-refractivity contribution is 0.102. The molecule has 1 N–H and O–H groups in total. The summed E-state index contributed by atoms with van der Waals surface area (Å²) in [7, 11) is 0. The van der Waals surface area contributed by atoms with E-state index in [9.17, 15) is 4.79 Å². The van der Waals surface area contributed by atoms with E-state index in [1.165, 1.54) is 18.6 Å². The van der Waals surface area contributed by atoms with Crippen molar-refractivity contribution < 1.29 is 4.79 Å². The van der Waals surface area contributed by atoms with Gasteiger partial charge in [-0.25, -0.2) is 4.98 Å². The quantitative estimate of drug-likeness (QED) is 0.904. The fourth-order valence-corrected chi connectivity index (χ4v) is 2.04. The molecule has 0 aliphatic carbocycles. The number of carbonyl (C=O) groups is 1. The third kappa shape index (κ3) is 2.65. The minimum Gasteiger partial charge on any atom is -0.319 e. The minimum absolute atomic E-state index is 0.258. The Kier molecular flexibility index (Phi) is 3.58. The molecule has 0 fully saturated rings. The second kappa shape index (κ2) is 5.14. The van der Waals surface area contributed by atoms with Gasteiger partial charge < -0.3 is 5.32 Å². The summed E-state index contributed by atoms with van der Waals surface area (Å²) in [5.41, 5.74) is 2.83. The van der Waals surface area contributed by atoms with Crippen molar-refractivity contribution in [2.24, 2.45) is 0 Å². The first kappa shape index (κ1) is 12.5. The number of aryl methyl sites for hydroxylation is 2. The molecule has 0 bridgehead atoms. The number of anilines is 1. The third-order valence-electron chi connectivity index (χ3n) is 2.47. The van der Waals surface area contributed by atoms with Gasteiger partial charge in [0, 0.05) is 12.4 Å². The lowest BCUT2D eigenvalue weighted by Crippen LogP contribution is -2.15. The molecular weight excluding hydrogens is 250 g/mol. The van der Waals surface area contributed by atoms with Gasteiger partial charge in [-0.1, -0.05) is 17.7 Å². The first-order valence-corrected chi connectivity index (χ1v) is 5.80. The molecule has 92 valence electrons. The zero-order valence-corrected chi connectivity index (χ0v) is 10.8. The minimum atomic E-state index is -0.322. The highest BCUT2D eigenvalue weighted by atomic mass is 35.5. The van der Waals surface area contributed by atoms with Gasteiger partial charge in [-0.15, -0.1) is 0 Å². The summed E-state index contributed by atoms with van der Waals surface area (Å²) in [6.45, 7) is 3.85. The number of benzene rings is 1. The maximum absolute atomic E-state index is 11.9. The number of nitrogens with zero attached hydrogens (tertiary/aromatic N) is 2. The molecule has 2 aromatic rings. The Morgan fingerprint density at radius 2 is 2.06 bits per heavy atom. The number of amides is 1. The molecular formula is C13H12ClN3O. The number of hydrogen-bond donors (Lipinski definition) is 1. The molecule has 0 saturated carbocycles. The van der Waals surface area contributed by atoms with Crippen molar-refractivity contribution in [2.75, 3.05) is 5.32 Å². The Labute approximate surface area is 110 Å². The first-order chi connectivity index (χ1) is 8.58. The molecule has 1 aromatic heterocycles. The fraction of sp³-hybridized carbons (Fsp3) is 0.154. The van der Waals surface area contributed by atoms with Crippen LogP contribution in [0.15, 0.2) is 30.7 Å². The van der Waals surface area contributed by atoms with Crippen LogP contribution in [0.4, 0.5) is 5.69 Å². The molecule has 0 saturated heterocycles. The van der Waals surface area contributed by atoms with Crippen LogP contribution >= 0.6 is 11.6 Å². The van der Waals surface area contributed by atoms with Crippen LogP contribution in [-0.4, -0.2) is 15.9 Å². The van der Waals surface area contributed by atoms with Crippen LogP contribution in [0.25, 0.3) is 0 Å². The summed E-state index contributed by atoms with van der Waals surface area (Å²) < 4.78 is 0. The molecule has 0 atom stereocenters. The highest BCUT2D eigenvalue weighted by Crippen LogP contribution is 2.27. The number of hydrogen-bond acceptors (Lipinski definition) is 3. The van der Waals surface area contributed by atoms with Crippen LogP contribution in [0.1, 0.15) is 21.6 Å². The molecule has 1 aromatic carbocycles. The van der Waals surface area contributed by atoms with E-state index in [4.69, 9.17) is 11.6 Å². The molecule has 0 unspecified atom stereocenters. The second-order valence-electron chi connectivity index (χ2n) is 3.98. The van der Waals surface area contributed by atoms with Gasteiger partial charge in [0.1, 0.15) is 5.69 Å². The van der Waals surface area contributed by atoms with Crippen LogP contribution in [0.3, 0.4) is 0 Å². The molecule has 4 nitrogen and oxygen atoms in total. The molecule has 1 heterocycles. The van der Waals surface area contributed by atoms with Gasteiger partial charge in [0.15, 0.2) is 0 Å². The number of aromatic nitrogens is 2. The first-order valence-electron chi connectivity index (χ1n) is 5.42. The van der Waals surface area contributed by atoms with Crippen molar-refractivity contribution in [3.05, 3.63) is 52.6 Å². The van der Waals surface area contributed by atoms with Crippen molar-refractivity contribution in [1.82, 2.24) is 9.97 Å². The predicted octanol–water partition coefficient (Wildman–Crippen LogP) is 3.00. The summed E-state index contributed by atoms with van der Waals surface area (Å²) in [6.07, 6.45) is 4.40. The summed E-state index contributed by atoms with van der Waals surface area (Å²) >= 11 is 6.12. The normalized spacial score (nSPS) is 10.2. The molecule has 5 heteroatoms. The summed E-state index contributed by atoms with van der Waals surface area (Å²) in [4.78, 5) is 19.7. The Morgan fingerprint density at radius 1 is 1.28 bits per heavy atom. The van der Waals surface area contributed by atoms with Gasteiger partial charge in [-0.05, 0) is 31.0 Å². The lowest BCUT2D eigenvalue weighted by atomic mass is 10.1. The van der Waals surface area contributed by atoms with E-state index in [-0.39, 0.29) is 11.6 Å². The fourth-order valence-electron chi connectivity index (χ4n) is 1.67. The molecule has 0 aliphatic heterocycles. The summed E-state index contributed by atoms with van der Waals surface area (Å²) in [5.74, 6) is -0.322. The smallest absolute Gasteiger partial charge is 0.275 e. The van der Waals surface area contributed by atoms with E-state index < -0.39 is 0 Å². The SMILES string of the molecule is Cc1cc(C)c(NC(=O)c2cnccn2)c(Cl)c1. The number of carbonyl (C=O) groups excluding carboxylic acids is 1. The topological polar surface area (TPSA) is 54.9 Å². The van der Waals surface area contributed by atoms with Crippen molar-refractivity contribution in [1.29, 1.82) is 0 Å². The van der Waals surface area contributed by atoms with E-state index in [0.29, 0.717) is 10.7 Å². The lowest BCUT2D eigenvalue weighted by Gasteiger charge is -2.10. The van der Waals surface area contributed by atoms with Gasteiger partial charge >= 0.3 is 0 Å². The third-order valence-corrected chi connectivity index (χ3v) is 2.76. The van der Waals surface area contributed by atoms with E-state index in [1.807, 2.05) is 19.9 Å². The highest BCUT2D eigenvalue weighted by molar-refractivity contribution is 6.34. The molecule has 18 heavy (non-hydrogen) atoms. The number of halogens is 1. The van der Waals surface area contributed by atoms with Gasteiger partial charge in [-0.2, -0.15) is 0 Å². The summed E-state index contributed by atoms with van der Waals surface area (Å²) in [5, 5.41) is 3.27. The molecule has 0 radical (unpaired) electrons. The van der Waals surface area contributed by atoms with Gasteiger partial charge in [-0.3, -0.25) is 9.78 Å². The monoisotopic (exact) mass is 261 g/mol. The zero-order chi connectivity index (χ0) is 13.1. The van der Waals surface area contributed by atoms with Gasteiger partial charge in [0.25, 0.3) is 5.91 Å². The molecule has 0 aliphatic rings. The zero-order valence-electron chi connectivity index (χ0n) is 10.1. The Hall–Kier alpha value is -1.94. The molecule has 0 spiro atoms. The maximum atomic E-state index is 11.9. The Balaban J connectivity index is 2.28. The van der Waals surface area contributed by atoms with Crippen molar-refractivity contribution in [3.63, 3.8) is 0 Å². The van der Waals surface area contributed by atoms with Crippen molar-refractivity contribution >= 4 is 23.2 Å². The molecule has 2 rings (SSSR count). The van der Waals surface area contributed by atoms with Crippen LogP contribution in [0.5, 0.6) is 0 Å². The van der Waals surface area contributed by atoms with Crippen LogP contribution < -0.4 is 5.32 Å². The maximum Gasteiger partial charge on any atom is 0.275 e. The van der Waals surface area contributed by atoms with Crippen molar-refractivity contribution in [3.8, 4) is 0 Å². The van der Waals surface area contributed by atoms with Crippen LogP contribution in [0.2, 0.25) is 5.02 Å².